The molecule has 0 saturated heterocycles. The molecule has 1 aromatic heterocycles. The van der Waals surface area contributed by atoms with Crippen molar-refractivity contribution < 1.29 is 0 Å². The summed E-state index contributed by atoms with van der Waals surface area (Å²) >= 11 is 11.6. The van der Waals surface area contributed by atoms with Gasteiger partial charge >= 0.3 is 0 Å². The van der Waals surface area contributed by atoms with Crippen molar-refractivity contribution in [1.29, 1.82) is 0 Å². The van der Waals surface area contributed by atoms with E-state index in [1.807, 2.05) is 12.1 Å². The van der Waals surface area contributed by atoms with Crippen LogP contribution < -0.4 is 5.32 Å². The van der Waals surface area contributed by atoms with Gasteiger partial charge < -0.3 is 5.32 Å². The summed E-state index contributed by atoms with van der Waals surface area (Å²) in [7, 11) is 0. The lowest BCUT2D eigenvalue weighted by Crippen LogP contribution is -2.22. The molecule has 0 fully saturated rings. The molecule has 1 N–H and O–H groups in total. The first kappa shape index (κ1) is 14.1. The average molecular weight is 345 g/mol. The highest BCUT2D eigenvalue weighted by atomic mass is 79.9. The van der Waals surface area contributed by atoms with Crippen LogP contribution in [0.15, 0.2) is 34.1 Å². The van der Waals surface area contributed by atoms with E-state index < -0.39 is 0 Å². The highest BCUT2D eigenvalue weighted by molar-refractivity contribution is 9.10. The van der Waals surface area contributed by atoms with E-state index in [2.05, 4.69) is 52.6 Å². The number of hydrogen-bond donors (Lipinski definition) is 1. The Labute approximate surface area is 125 Å². The molecule has 1 nitrogen and oxygen atoms in total. The summed E-state index contributed by atoms with van der Waals surface area (Å²) in [6, 6.07) is 8.37. The Morgan fingerprint density at radius 1 is 1.39 bits per heavy atom. The zero-order chi connectivity index (χ0) is 13.1. The Balaban J connectivity index is 2.48. The predicted molar refractivity (Wildman–Crippen MR) is 83.7 cm³/mol. The molecule has 2 rings (SSSR count). The summed E-state index contributed by atoms with van der Waals surface area (Å²) in [5, 5.41) is 6.46. The third-order valence-corrected chi connectivity index (χ3v) is 5.28. The van der Waals surface area contributed by atoms with E-state index >= 15 is 0 Å². The fraction of sp³-hybridized carbons (Fsp3) is 0.286. The summed E-state index contributed by atoms with van der Waals surface area (Å²) in [6.45, 7) is 5.11. The van der Waals surface area contributed by atoms with Crippen LogP contribution in [0.2, 0.25) is 5.02 Å². The minimum Gasteiger partial charge on any atom is -0.306 e. The zero-order valence-corrected chi connectivity index (χ0v) is 13.5. The zero-order valence-electron chi connectivity index (χ0n) is 10.3. The van der Waals surface area contributed by atoms with E-state index in [-0.39, 0.29) is 6.04 Å². The van der Waals surface area contributed by atoms with Gasteiger partial charge in [0, 0.05) is 14.4 Å². The lowest BCUT2D eigenvalue weighted by Gasteiger charge is -2.20. The van der Waals surface area contributed by atoms with Crippen molar-refractivity contribution in [3.8, 4) is 0 Å². The fourth-order valence-electron chi connectivity index (χ4n) is 2.00. The van der Waals surface area contributed by atoms with Gasteiger partial charge in [-0.15, -0.1) is 11.3 Å². The summed E-state index contributed by atoms with van der Waals surface area (Å²) in [5.74, 6) is 0. The van der Waals surface area contributed by atoms with Crippen molar-refractivity contribution in [2.24, 2.45) is 0 Å². The van der Waals surface area contributed by atoms with E-state index in [4.69, 9.17) is 11.6 Å². The van der Waals surface area contributed by atoms with Crippen LogP contribution in [0.1, 0.15) is 29.0 Å². The van der Waals surface area contributed by atoms with E-state index in [9.17, 15) is 0 Å². The van der Waals surface area contributed by atoms with Crippen LogP contribution in [0.5, 0.6) is 0 Å². The van der Waals surface area contributed by atoms with Crippen LogP contribution in [0, 0.1) is 6.92 Å². The molecule has 0 spiro atoms. The van der Waals surface area contributed by atoms with Crippen molar-refractivity contribution in [1.82, 2.24) is 5.32 Å². The molecular weight excluding hydrogens is 330 g/mol. The van der Waals surface area contributed by atoms with Crippen molar-refractivity contribution in [3.63, 3.8) is 0 Å². The highest BCUT2D eigenvalue weighted by Crippen LogP contribution is 2.35. The molecule has 0 aliphatic heterocycles. The number of nitrogens with one attached hydrogen (secondary N) is 1. The van der Waals surface area contributed by atoms with Crippen LogP contribution >= 0.6 is 38.9 Å². The molecule has 96 valence electrons. The first-order valence-corrected chi connectivity index (χ1v) is 7.91. The first-order chi connectivity index (χ1) is 8.65. The van der Waals surface area contributed by atoms with Gasteiger partial charge in [-0.2, -0.15) is 0 Å². The van der Waals surface area contributed by atoms with Gasteiger partial charge in [-0.25, -0.2) is 0 Å². The van der Waals surface area contributed by atoms with Crippen LogP contribution in [0.3, 0.4) is 0 Å². The van der Waals surface area contributed by atoms with Gasteiger partial charge in [-0.1, -0.05) is 30.7 Å². The normalized spacial score (nSPS) is 12.7. The summed E-state index contributed by atoms with van der Waals surface area (Å²) in [4.78, 5) is 1.29. The molecule has 0 aliphatic carbocycles. The van der Waals surface area contributed by atoms with Gasteiger partial charge in [0.05, 0.1) is 6.04 Å². The number of rotatable bonds is 4. The lowest BCUT2D eigenvalue weighted by molar-refractivity contribution is 0.635. The molecule has 2 aromatic rings. The number of halogens is 2. The molecule has 0 saturated carbocycles. The molecule has 1 heterocycles. The Hall–Kier alpha value is -0.350. The third-order valence-electron chi connectivity index (χ3n) is 2.94. The number of hydrogen-bond acceptors (Lipinski definition) is 2. The van der Waals surface area contributed by atoms with Gasteiger partial charge in [0.25, 0.3) is 0 Å². The molecule has 0 aliphatic rings. The van der Waals surface area contributed by atoms with Gasteiger partial charge in [0.1, 0.15) is 0 Å². The van der Waals surface area contributed by atoms with E-state index in [0.717, 1.165) is 21.6 Å². The molecule has 18 heavy (non-hydrogen) atoms. The molecule has 1 aromatic carbocycles. The molecule has 4 heteroatoms. The van der Waals surface area contributed by atoms with Crippen molar-refractivity contribution in [3.05, 3.63) is 55.1 Å². The fourth-order valence-corrected chi connectivity index (χ4v) is 3.87. The van der Waals surface area contributed by atoms with E-state index in [1.54, 1.807) is 11.3 Å². The summed E-state index contributed by atoms with van der Waals surface area (Å²) in [5.41, 5.74) is 2.39. The maximum absolute atomic E-state index is 6.22. The molecule has 1 unspecified atom stereocenters. The second-order valence-corrected chi connectivity index (χ2v) is 6.29. The topological polar surface area (TPSA) is 12.0 Å². The van der Waals surface area contributed by atoms with Crippen LogP contribution in [-0.4, -0.2) is 6.54 Å². The maximum atomic E-state index is 6.22. The maximum Gasteiger partial charge on any atom is 0.0685 e. The third kappa shape index (κ3) is 2.80. The molecule has 0 amide bonds. The van der Waals surface area contributed by atoms with Gasteiger partial charge in [0.15, 0.2) is 0 Å². The minimum atomic E-state index is 0.197. The average Bonchev–Trinajstić information content (AvgIpc) is 2.76. The van der Waals surface area contributed by atoms with Crippen LogP contribution in [0.4, 0.5) is 0 Å². The highest BCUT2D eigenvalue weighted by Gasteiger charge is 2.19. The lowest BCUT2D eigenvalue weighted by atomic mass is 10.00. The second kappa shape index (κ2) is 6.20. The Kier molecular flexibility index (Phi) is 4.84. The number of benzene rings is 1. The molecule has 1 atom stereocenters. The van der Waals surface area contributed by atoms with Gasteiger partial charge in [-0.3, -0.25) is 0 Å². The van der Waals surface area contributed by atoms with Crippen molar-refractivity contribution >= 4 is 38.9 Å². The van der Waals surface area contributed by atoms with Crippen molar-refractivity contribution in [2.75, 3.05) is 6.54 Å². The van der Waals surface area contributed by atoms with Crippen molar-refractivity contribution in [2.45, 2.75) is 19.9 Å². The molecule has 0 bridgehead atoms. The Bertz CT molecular complexity index is 538. The largest absolute Gasteiger partial charge is 0.306 e. The monoisotopic (exact) mass is 343 g/mol. The smallest absolute Gasteiger partial charge is 0.0685 e. The molecule has 0 radical (unpaired) electrons. The summed E-state index contributed by atoms with van der Waals surface area (Å²) in [6.07, 6.45) is 0. The first-order valence-electron chi connectivity index (χ1n) is 5.86. The Morgan fingerprint density at radius 3 is 2.78 bits per heavy atom. The van der Waals surface area contributed by atoms with Gasteiger partial charge in [-0.05, 0) is 58.0 Å². The molecular formula is C14H15BrClNS. The Morgan fingerprint density at radius 2 is 2.17 bits per heavy atom. The van der Waals surface area contributed by atoms with Gasteiger partial charge in [0.2, 0.25) is 0 Å². The quantitative estimate of drug-likeness (QED) is 0.806. The van der Waals surface area contributed by atoms with E-state index in [1.165, 1.54) is 10.4 Å². The second-order valence-electron chi connectivity index (χ2n) is 4.08. The van der Waals surface area contributed by atoms with E-state index in [0.29, 0.717) is 0 Å². The number of thiophene rings is 1. The minimum absolute atomic E-state index is 0.197. The SMILES string of the molecule is CCNC(c1cccc(Cl)c1C)c1sccc1Br. The standard InChI is InChI=1S/C14H15BrClNS/c1-3-17-13(14-11(15)7-8-18-14)10-5-4-6-12(16)9(10)2/h4-8,13,17H,3H2,1-2H3. The predicted octanol–water partition coefficient (Wildman–Crippen LogP) is 5.17. The van der Waals surface area contributed by atoms with Crippen LogP contribution in [-0.2, 0) is 0 Å². The van der Waals surface area contributed by atoms with Crippen LogP contribution in [0.25, 0.3) is 0 Å². The summed E-state index contributed by atoms with van der Waals surface area (Å²) < 4.78 is 1.15.